The topological polar surface area (TPSA) is 97.1 Å². The van der Waals surface area contributed by atoms with Gasteiger partial charge in [0.1, 0.15) is 11.5 Å². The highest BCUT2D eigenvalue weighted by Gasteiger charge is 2.27. The maximum atomic E-state index is 11.8. The van der Waals surface area contributed by atoms with Crippen LogP contribution < -0.4 is 16.4 Å². The molecule has 1 rings (SSSR count). The fourth-order valence-corrected chi connectivity index (χ4v) is 1.39. The van der Waals surface area contributed by atoms with Crippen LogP contribution in [0.3, 0.4) is 0 Å². The fourth-order valence-electron chi connectivity index (χ4n) is 1.39. The van der Waals surface area contributed by atoms with E-state index < -0.39 is 5.41 Å². The van der Waals surface area contributed by atoms with E-state index in [0.29, 0.717) is 0 Å². The number of nitrogens with zero attached hydrogens (tertiary/aromatic N) is 1. The van der Waals surface area contributed by atoms with Gasteiger partial charge in [0, 0.05) is 13.6 Å². The smallest absolute Gasteiger partial charge is 0.270 e. The summed E-state index contributed by atoms with van der Waals surface area (Å²) in [5, 5.41) is 5.22. The van der Waals surface area contributed by atoms with E-state index in [4.69, 9.17) is 5.73 Å². The molecule has 0 saturated carbocycles. The molecule has 19 heavy (non-hydrogen) atoms. The standard InChI is InChI=1S/C12H18N4O2.ClH/c1-12(2,11(18)14-3)7-15-10(17)8-5-4-6-9(13)16-8;/h4-6H,7H2,1-3H3,(H2,13,16)(H,14,18)(H,15,17);1H. The molecule has 0 aliphatic carbocycles. The molecule has 1 aromatic heterocycles. The lowest BCUT2D eigenvalue weighted by Gasteiger charge is -2.22. The van der Waals surface area contributed by atoms with Crippen LogP contribution in [0.25, 0.3) is 0 Å². The Kier molecular flexibility index (Phi) is 6.27. The van der Waals surface area contributed by atoms with Gasteiger partial charge in [0.15, 0.2) is 0 Å². The van der Waals surface area contributed by atoms with Gasteiger partial charge < -0.3 is 16.4 Å². The average molecular weight is 287 g/mol. The number of amides is 2. The van der Waals surface area contributed by atoms with Crippen molar-refractivity contribution in [3.8, 4) is 0 Å². The van der Waals surface area contributed by atoms with Gasteiger partial charge in [0.2, 0.25) is 5.91 Å². The minimum Gasteiger partial charge on any atom is -0.384 e. The zero-order valence-electron chi connectivity index (χ0n) is 11.2. The third-order valence-corrected chi connectivity index (χ3v) is 2.54. The molecule has 0 atom stereocenters. The number of pyridine rings is 1. The second-order valence-corrected chi connectivity index (χ2v) is 4.59. The third-order valence-electron chi connectivity index (χ3n) is 2.54. The maximum Gasteiger partial charge on any atom is 0.270 e. The zero-order chi connectivity index (χ0) is 13.8. The van der Waals surface area contributed by atoms with Crippen LogP contribution >= 0.6 is 12.4 Å². The minimum absolute atomic E-state index is 0. The van der Waals surface area contributed by atoms with Crippen LogP contribution in [0.1, 0.15) is 24.3 Å². The Morgan fingerprint density at radius 1 is 1.37 bits per heavy atom. The van der Waals surface area contributed by atoms with E-state index in [1.54, 1.807) is 39.1 Å². The predicted molar refractivity (Wildman–Crippen MR) is 76.1 cm³/mol. The summed E-state index contributed by atoms with van der Waals surface area (Å²) in [7, 11) is 1.56. The SMILES string of the molecule is CNC(=O)C(C)(C)CNC(=O)c1cccc(N)n1.Cl. The van der Waals surface area contributed by atoms with Gasteiger partial charge in [-0.15, -0.1) is 12.4 Å². The van der Waals surface area contributed by atoms with E-state index in [1.807, 2.05) is 0 Å². The summed E-state index contributed by atoms with van der Waals surface area (Å²) >= 11 is 0. The molecule has 0 radical (unpaired) electrons. The normalized spacial score (nSPS) is 10.3. The Hall–Kier alpha value is -1.82. The highest BCUT2D eigenvalue weighted by atomic mass is 35.5. The summed E-state index contributed by atoms with van der Waals surface area (Å²) < 4.78 is 0. The highest BCUT2D eigenvalue weighted by Crippen LogP contribution is 2.13. The molecule has 0 bridgehead atoms. The lowest BCUT2D eigenvalue weighted by Crippen LogP contribution is -2.43. The van der Waals surface area contributed by atoms with E-state index in [1.165, 1.54) is 0 Å². The first-order valence-electron chi connectivity index (χ1n) is 5.60. The highest BCUT2D eigenvalue weighted by molar-refractivity contribution is 5.93. The molecular weight excluding hydrogens is 268 g/mol. The van der Waals surface area contributed by atoms with Crippen LogP contribution in [0.5, 0.6) is 0 Å². The van der Waals surface area contributed by atoms with Crippen LogP contribution in [0.4, 0.5) is 5.82 Å². The van der Waals surface area contributed by atoms with E-state index in [2.05, 4.69) is 15.6 Å². The van der Waals surface area contributed by atoms with E-state index in [-0.39, 0.29) is 42.3 Å². The molecule has 1 aromatic rings. The van der Waals surface area contributed by atoms with Gasteiger partial charge in [-0.2, -0.15) is 0 Å². The number of nitrogens with two attached hydrogens (primary N) is 1. The van der Waals surface area contributed by atoms with Gasteiger partial charge in [-0.3, -0.25) is 9.59 Å². The van der Waals surface area contributed by atoms with Crippen LogP contribution in [0.2, 0.25) is 0 Å². The maximum absolute atomic E-state index is 11.8. The van der Waals surface area contributed by atoms with Crippen molar-refractivity contribution in [2.24, 2.45) is 5.41 Å². The van der Waals surface area contributed by atoms with Crippen molar-refractivity contribution in [2.45, 2.75) is 13.8 Å². The summed E-state index contributed by atoms with van der Waals surface area (Å²) in [6.07, 6.45) is 0. The van der Waals surface area contributed by atoms with Crippen molar-refractivity contribution in [3.05, 3.63) is 23.9 Å². The van der Waals surface area contributed by atoms with Crippen LogP contribution in [-0.4, -0.2) is 30.4 Å². The number of aromatic nitrogens is 1. The Morgan fingerprint density at radius 3 is 2.53 bits per heavy atom. The zero-order valence-corrected chi connectivity index (χ0v) is 12.0. The number of nitrogens with one attached hydrogen (secondary N) is 2. The number of rotatable bonds is 4. The molecule has 0 spiro atoms. The summed E-state index contributed by atoms with van der Waals surface area (Å²) in [4.78, 5) is 27.2. The Labute approximate surface area is 118 Å². The van der Waals surface area contributed by atoms with Gasteiger partial charge in [-0.1, -0.05) is 6.07 Å². The first-order chi connectivity index (χ1) is 8.36. The van der Waals surface area contributed by atoms with Crippen LogP contribution in [0, 0.1) is 5.41 Å². The predicted octanol–water partition coefficient (Wildman–Crippen LogP) is 0.588. The quantitative estimate of drug-likeness (QED) is 0.754. The minimum atomic E-state index is -0.676. The summed E-state index contributed by atoms with van der Waals surface area (Å²) in [6, 6.07) is 4.82. The Balaban J connectivity index is 0.00000324. The number of carbonyl (C=O) groups is 2. The van der Waals surface area contributed by atoms with Crippen molar-refractivity contribution in [2.75, 3.05) is 19.3 Å². The lowest BCUT2D eigenvalue weighted by atomic mass is 9.92. The number of halogens is 1. The lowest BCUT2D eigenvalue weighted by molar-refractivity contribution is -0.128. The number of hydrogen-bond donors (Lipinski definition) is 3. The Bertz CT molecular complexity index is 463. The van der Waals surface area contributed by atoms with E-state index >= 15 is 0 Å². The number of hydrogen-bond acceptors (Lipinski definition) is 4. The summed E-state index contributed by atoms with van der Waals surface area (Å²) in [5.41, 5.74) is 5.06. The molecule has 2 amide bonds. The molecule has 1 heterocycles. The second kappa shape index (κ2) is 6.94. The summed E-state index contributed by atoms with van der Waals surface area (Å²) in [6.45, 7) is 3.72. The molecule has 0 fully saturated rings. The van der Waals surface area contributed by atoms with Gasteiger partial charge in [-0.05, 0) is 26.0 Å². The molecule has 7 heteroatoms. The van der Waals surface area contributed by atoms with Crippen molar-refractivity contribution in [1.29, 1.82) is 0 Å². The second-order valence-electron chi connectivity index (χ2n) is 4.59. The first kappa shape index (κ1) is 17.2. The van der Waals surface area contributed by atoms with Gasteiger partial charge in [-0.25, -0.2) is 4.98 Å². The molecular formula is C12H19ClN4O2. The molecule has 0 saturated heterocycles. The molecule has 4 N–H and O–H groups in total. The largest absolute Gasteiger partial charge is 0.384 e. The average Bonchev–Trinajstić information content (AvgIpc) is 2.35. The van der Waals surface area contributed by atoms with Crippen molar-refractivity contribution in [1.82, 2.24) is 15.6 Å². The van der Waals surface area contributed by atoms with Crippen LogP contribution in [-0.2, 0) is 4.79 Å². The molecule has 0 aliphatic rings. The van der Waals surface area contributed by atoms with Crippen molar-refractivity contribution in [3.63, 3.8) is 0 Å². The van der Waals surface area contributed by atoms with Crippen molar-refractivity contribution >= 4 is 30.0 Å². The molecule has 0 aromatic carbocycles. The van der Waals surface area contributed by atoms with Gasteiger partial charge in [0.05, 0.1) is 5.41 Å². The molecule has 0 aliphatic heterocycles. The molecule has 106 valence electrons. The number of carbonyl (C=O) groups excluding carboxylic acids is 2. The van der Waals surface area contributed by atoms with Gasteiger partial charge in [0.25, 0.3) is 5.91 Å². The van der Waals surface area contributed by atoms with Crippen molar-refractivity contribution < 1.29 is 9.59 Å². The monoisotopic (exact) mass is 286 g/mol. The summed E-state index contributed by atoms with van der Waals surface area (Å²) in [5.74, 6) is -0.198. The Morgan fingerprint density at radius 2 is 2.00 bits per heavy atom. The van der Waals surface area contributed by atoms with E-state index in [0.717, 1.165) is 0 Å². The molecule has 0 unspecified atom stereocenters. The van der Waals surface area contributed by atoms with Crippen LogP contribution in [0.15, 0.2) is 18.2 Å². The first-order valence-corrected chi connectivity index (χ1v) is 5.60. The van der Waals surface area contributed by atoms with Gasteiger partial charge >= 0.3 is 0 Å². The van der Waals surface area contributed by atoms with E-state index in [9.17, 15) is 9.59 Å². The molecule has 6 nitrogen and oxygen atoms in total. The fraction of sp³-hybridized carbons (Fsp3) is 0.417. The number of anilines is 1. The number of nitrogen functional groups attached to an aromatic ring is 1. The third kappa shape index (κ3) is 4.75.